The molecular formula is C26H30O3. The van der Waals surface area contributed by atoms with Crippen LogP contribution < -0.4 is 0 Å². The van der Waals surface area contributed by atoms with Crippen LogP contribution in [0.3, 0.4) is 0 Å². The van der Waals surface area contributed by atoms with Crippen molar-refractivity contribution in [3.05, 3.63) is 47.0 Å². The third-order valence-electron chi connectivity index (χ3n) is 8.91. The Morgan fingerprint density at radius 2 is 2.07 bits per heavy atom. The molecule has 5 rings (SSSR count). The first-order valence-corrected chi connectivity index (χ1v) is 10.9. The van der Waals surface area contributed by atoms with E-state index in [9.17, 15) is 9.90 Å². The van der Waals surface area contributed by atoms with Gasteiger partial charge in [-0.1, -0.05) is 37.0 Å². The van der Waals surface area contributed by atoms with Crippen LogP contribution in [0.4, 0.5) is 0 Å². The lowest BCUT2D eigenvalue weighted by atomic mass is 9.48. The number of aryl methyl sites for hydroxylation is 1. The fourth-order valence-electron chi connectivity index (χ4n) is 7.04. The van der Waals surface area contributed by atoms with E-state index in [-0.39, 0.29) is 28.4 Å². The van der Waals surface area contributed by atoms with Crippen LogP contribution in [0.1, 0.15) is 69.8 Å². The van der Waals surface area contributed by atoms with Gasteiger partial charge in [0.2, 0.25) is 0 Å². The van der Waals surface area contributed by atoms with Crippen molar-refractivity contribution in [2.75, 3.05) is 0 Å². The second kappa shape index (κ2) is 5.99. The summed E-state index contributed by atoms with van der Waals surface area (Å²) in [6.07, 6.45) is 14.8. The number of rotatable bonds is 1. The highest BCUT2D eigenvalue weighted by molar-refractivity contribution is 5.92. The molecular weight excluding hydrogens is 360 g/mol. The van der Waals surface area contributed by atoms with E-state index in [4.69, 9.17) is 10.8 Å². The number of carbonyl (C=O) groups excluding carboxylic acids is 1. The van der Waals surface area contributed by atoms with Gasteiger partial charge in [-0.25, -0.2) is 0 Å². The van der Waals surface area contributed by atoms with Crippen molar-refractivity contribution in [1.82, 2.24) is 0 Å². The maximum absolute atomic E-state index is 12.3. The summed E-state index contributed by atoms with van der Waals surface area (Å²) in [6, 6.07) is 4.13. The van der Waals surface area contributed by atoms with E-state index in [0.717, 1.165) is 37.2 Å². The Labute approximate surface area is 173 Å². The predicted octanol–water partition coefficient (Wildman–Crippen LogP) is 5.10. The van der Waals surface area contributed by atoms with Crippen molar-refractivity contribution in [1.29, 1.82) is 0 Å². The van der Waals surface area contributed by atoms with E-state index in [1.165, 1.54) is 11.1 Å². The van der Waals surface area contributed by atoms with Gasteiger partial charge in [-0.2, -0.15) is 0 Å². The predicted molar refractivity (Wildman–Crippen MR) is 112 cm³/mol. The molecule has 0 saturated heterocycles. The molecule has 1 heterocycles. The second-order valence-electron chi connectivity index (χ2n) is 10.2. The Bertz CT molecular complexity index is 988. The Balaban J connectivity index is 1.69. The van der Waals surface area contributed by atoms with Gasteiger partial charge in [0.1, 0.15) is 17.1 Å². The van der Waals surface area contributed by atoms with Crippen LogP contribution in [0.25, 0.3) is 0 Å². The zero-order valence-corrected chi connectivity index (χ0v) is 17.6. The highest BCUT2D eigenvalue weighted by atomic mass is 16.3. The minimum absolute atomic E-state index is 0.0606. The number of terminal acetylenes is 1. The van der Waals surface area contributed by atoms with Gasteiger partial charge in [0.15, 0.2) is 5.78 Å². The normalized spacial score (nSPS) is 43.6. The molecule has 6 atom stereocenters. The van der Waals surface area contributed by atoms with Crippen molar-refractivity contribution in [2.45, 2.75) is 70.8 Å². The van der Waals surface area contributed by atoms with Crippen molar-refractivity contribution in [2.24, 2.45) is 22.7 Å². The van der Waals surface area contributed by atoms with Gasteiger partial charge in [0.25, 0.3) is 0 Å². The van der Waals surface area contributed by atoms with Crippen molar-refractivity contribution in [3.63, 3.8) is 0 Å². The summed E-state index contributed by atoms with van der Waals surface area (Å²) in [4.78, 5) is 12.3. The van der Waals surface area contributed by atoms with Crippen LogP contribution in [-0.4, -0.2) is 16.5 Å². The lowest BCUT2D eigenvalue weighted by Gasteiger charge is -2.56. The molecule has 3 heteroatoms. The summed E-state index contributed by atoms with van der Waals surface area (Å²) in [5.41, 5.74) is 1.27. The van der Waals surface area contributed by atoms with Crippen molar-refractivity contribution in [3.8, 4) is 12.3 Å². The molecule has 152 valence electrons. The molecule has 0 aliphatic heterocycles. The molecule has 3 nitrogen and oxygen atoms in total. The maximum Gasteiger partial charge on any atom is 0.155 e. The summed E-state index contributed by atoms with van der Waals surface area (Å²) in [6.45, 7) is 6.48. The Morgan fingerprint density at radius 1 is 1.28 bits per heavy atom. The number of allylic oxidation sites excluding steroid dienone is 4. The van der Waals surface area contributed by atoms with Gasteiger partial charge in [-0.05, 0) is 69.1 Å². The largest absolute Gasteiger partial charge is 0.466 e. The van der Waals surface area contributed by atoms with Gasteiger partial charge in [-0.15, -0.1) is 6.42 Å². The van der Waals surface area contributed by atoms with Crippen LogP contribution in [0.2, 0.25) is 0 Å². The first-order valence-electron chi connectivity index (χ1n) is 10.9. The SMILES string of the molecule is C#C[C@]1(O)CCC2C3C(=CC[C@@]21C)[C@@]1(C)CCC(=O)C=C1CC3c1ccc(C)o1. The van der Waals surface area contributed by atoms with Gasteiger partial charge >= 0.3 is 0 Å². The van der Waals surface area contributed by atoms with Gasteiger partial charge in [0.05, 0.1) is 0 Å². The topological polar surface area (TPSA) is 50.4 Å². The smallest absolute Gasteiger partial charge is 0.155 e. The Hall–Kier alpha value is -2.05. The van der Waals surface area contributed by atoms with Crippen LogP contribution in [0.5, 0.6) is 0 Å². The van der Waals surface area contributed by atoms with Crippen molar-refractivity contribution < 1.29 is 14.3 Å². The maximum atomic E-state index is 12.3. The fraction of sp³-hybridized carbons (Fsp3) is 0.577. The zero-order valence-electron chi connectivity index (χ0n) is 17.6. The minimum atomic E-state index is -1.05. The van der Waals surface area contributed by atoms with Gasteiger partial charge in [0, 0.05) is 23.2 Å². The first kappa shape index (κ1) is 18.9. The molecule has 3 unspecified atom stereocenters. The number of hydrogen-bond acceptors (Lipinski definition) is 3. The van der Waals surface area contributed by atoms with Gasteiger partial charge in [-0.3, -0.25) is 4.79 Å². The second-order valence-corrected chi connectivity index (χ2v) is 10.2. The number of furan rings is 1. The molecule has 1 aromatic heterocycles. The van der Waals surface area contributed by atoms with E-state index >= 15 is 0 Å². The van der Waals surface area contributed by atoms with Gasteiger partial charge < -0.3 is 9.52 Å². The number of ketones is 1. The van der Waals surface area contributed by atoms with E-state index in [2.05, 4.69) is 31.9 Å². The molecule has 2 fully saturated rings. The van der Waals surface area contributed by atoms with Crippen LogP contribution in [-0.2, 0) is 4.79 Å². The Morgan fingerprint density at radius 3 is 2.76 bits per heavy atom. The third kappa shape index (κ3) is 2.39. The first-order chi connectivity index (χ1) is 13.7. The molecule has 4 aliphatic rings. The van der Waals surface area contributed by atoms with E-state index in [1.807, 2.05) is 19.1 Å². The molecule has 0 amide bonds. The molecule has 4 aliphatic carbocycles. The molecule has 29 heavy (non-hydrogen) atoms. The highest BCUT2D eigenvalue weighted by Crippen LogP contribution is 2.68. The fourth-order valence-corrected chi connectivity index (χ4v) is 7.04. The molecule has 0 bridgehead atoms. The van der Waals surface area contributed by atoms with Crippen molar-refractivity contribution >= 4 is 5.78 Å². The standard InChI is InChI=1S/C26H30O3/c1-5-26(28)13-10-21-23-19(22-7-6-16(2)29-22)15-17-14-18(27)8-11-24(17,3)20(23)9-12-25(21,26)4/h1,6-7,9,14,19,21,23,28H,8,10-13,15H2,2-4H3/t19?,21?,23?,24-,25-,26-/m0/s1. The summed E-state index contributed by atoms with van der Waals surface area (Å²) in [5.74, 6) is 5.70. The molecule has 1 N–H and O–H groups in total. The van der Waals surface area contributed by atoms with E-state index in [0.29, 0.717) is 18.8 Å². The zero-order chi connectivity index (χ0) is 20.6. The molecule has 0 spiro atoms. The lowest BCUT2D eigenvalue weighted by molar-refractivity contribution is -0.115. The van der Waals surface area contributed by atoms with Crippen LogP contribution >= 0.6 is 0 Å². The third-order valence-corrected chi connectivity index (χ3v) is 8.91. The summed E-state index contributed by atoms with van der Waals surface area (Å²) in [7, 11) is 0. The molecule has 0 aromatic carbocycles. The number of aliphatic hydroxyl groups is 1. The van der Waals surface area contributed by atoms with Crippen LogP contribution in [0, 0.1) is 41.9 Å². The summed E-state index contributed by atoms with van der Waals surface area (Å²) >= 11 is 0. The monoisotopic (exact) mass is 390 g/mol. The average molecular weight is 391 g/mol. The molecule has 0 radical (unpaired) electrons. The van der Waals surface area contributed by atoms with E-state index < -0.39 is 5.60 Å². The number of carbonyl (C=O) groups is 1. The molecule has 2 saturated carbocycles. The summed E-state index contributed by atoms with van der Waals surface area (Å²) in [5, 5.41) is 11.3. The number of hydrogen-bond donors (Lipinski definition) is 1. The number of fused-ring (bicyclic) bond motifs is 5. The average Bonchev–Trinajstić information content (AvgIpc) is 3.23. The summed E-state index contributed by atoms with van der Waals surface area (Å²) < 4.78 is 6.13. The lowest BCUT2D eigenvalue weighted by Crippen LogP contribution is -2.51. The highest BCUT2D eigenvalue weighted by Gasteiger charge is 2.63. The minimum Gasteiger partial charge on any atom is -0.466 e. The molecule has 1 aromatic rings. The quantitative estimate of drug-likeness (QED) is 0.536. The van der Waals surface area contributed by atoms with E-state index in [1.54, 1.807) is 0 Å². The van der Waals surface area contributed by atoms with Crippen LogP contribution in [0.15, 0.2) is 39.8 Å². The Kier molecular flexibility index (Phi) is 3.91.